The van der Waals surface area contributed by atoms with Gasteiger partial charge in [-0.1, -0.05) is 18.2 Å². The van der Waals surface area contributed by atoms with E-state index in [4.69, 9.17) is 17.0 Å². The lowest BCUT2D eigenvalue weighted by Gasteiger charge is -2.04. The molecule has 0 radical (unpaired) electrons. The first kappa shape index (κ1) is 14.1. The van der Waals surface area contributed by atoms with E-state index in [2.05, 4.69) is 4.99 Å². The summed E-state index contributed by atoms with van der Waals surface area (Å²) in [4.78, 5) is 16.6. The number of hydrogen-bond acceptors (Lipinski definition) is 5. The van der Waals surface area contributed by atoms with E-state index >= 15 is 0 Å². The third-order valence-corrected chi connectivity index (χ3v) is 4.68. The van der Waals surface area contributed by atoms with Crippen LogP contribution in [0.5, 0.6) is 5.88 Å². The fourth-order valence-electron chi connectivity index (χ4n) is 2.22. The first-order valence-corrected chi connectivity index (χ1v) is 7.50. The summed E-state index contributed by atoms with van der Waals surface area (Å²) in [6.45, 7) is 0.875. The SMILES string of the molecule is COCCn1c(O)c(C2=c3ccccc3=NC2=O)sc1=S. The summed E-state index contributed by atoms with van der Waals surface area (Å²) in [5.41, 5.74) is 0.412. The molecule has 1 aliphatic rings. The van der Waals surface area contributed by atoms with Crippen molar-refractivity contribution in [2.24, 2.45) is 4.99 Å². The molecule has 0 spiro atoms. The lowest BCUT2D eigenvalue weighted by Crippen LogP contribution is -2.22. The van der Waals surface area contributed by atoms with E-state index in [1.807, 2.05) is 18.2 Å². The number of amides is 1. The third kappa shape index (κ3) is 2.33. The van der Waals surface area contributed by atoms with Crippen molar-refractivity contribution in [3.05, 3.63) is 43.7 Å². The number of aromatic nitrogens is 1. The van der Waals surface area contributed by atoms with Crippen molar-refractivity contribution in [2.75, 3.05) is 13.7 Å². The molecule has 0 aliphatic carbocycles. The number of thiazole rings is 1. The second kappa shape index (κ2) is 5.51. The molecular formula is C14H12N2O3S2. The Kier molecular flexibility index (Phi) is 3.71. The molecule has 2 aromatic rings. The molecule has 108 valence electrons. The fourth-order valence-corrected chi connectivity index (χ4v) is 3.61. The van der Waals surface area contributed by atoms with Gasteiger partial charge in [0, 0.05) is 12.3 Å². The number of carbonyl (C=O) groups excluding carboxylic acids is 1. The van der Waals surface area contributed by atoms with Crippen LogP contribution in [0.4, 0.5) is 0 Å². The van der Waals surface area contributed by atoms with Crippen LogP contribution in [0.1, 0.15) is 4.88 Å². The molecule has 1 N–H and O–H groups in total. The van der Waals surface area contributed by atoms with Gasteiger partial charge in [-0.25, -0.2) is 4.99 Å². The van der Waals surface area contributed by atoms with Crippen LogP contribution in [-0.2, 0) is 16.1 Å². The van der Waals surface area contributed by atoms with E-state index in [0.29, 0.717) is 32.9 Å². The summed E-state index contributed by atoms with van der Waals surface area (Å²) in [5.74, 6) is -0.348. The van der Waals surface area contributed by atoms with Crippen LogP contribution in [0, 0.1) is 3.95 Å². The zero-order valence-corrected chi connectivity index (χ0v) is 12.8. The minimum absolute atomic E-state index is 0.00250. The largest absolute Gasteiger partial charge is 0.493 e. The third-order valence-electron chi connectivity index (χ3n) is 3.22. The van der Waals surface area contributed by atoms with Crippen LogP contribution in [0.15, 0.2) is 29.3 Å². The van der Waals surface area contributed by atoms with E-state index in [-0.39, 0.29) is 11.8 Å². The summed E-state index contributed by atoms with van der Waals surface area (Å²) >= 11 is 6.47. The predicted molar refractivity (Wildman–Crippen MR) is 81.4 cm³/mol. The molecule has 2 heterocycles. The predicted octanol–water partition coefficient (Wildman–Crippen LogP) is 0.990. The standard InChI is InChI=1S/C14H12N2O3S2/c1-19-7-6-16-13(18)11(21-14(16)20)10-8-4-2-3-5-9(8)15-12(10)17/h2-5,18H,6-7H2,1H3. The molecule has 0 saturated carbocycles. The number of para-hydroxylation sites is 1. The molecule has 0 fully saturated rings. The van der Waals surface area contributed by atoms with Gasteiger partial charge in [0.05, 0.1) is 24.1 Å². The van der Waals surface area contributed by atoms with Gasteiger partial charge >= 0.3 is 0 Å². The van der Waals surface area contributed by atoms with Crippen LogP contribution in [-0.4, -0.2) is 29.3 Å². The van der Waals surface area contributed by atoms with Crippen molar-refractivity contribution in [3.63, 3.8) is 0 Å². The number of benzene rings is 1. The van der Waals surface area contributed by atoms with Crippen molar-refractivity contribution >= 4 is 35.0 Å². The topological polar surface area (TPSA) is 63.8 Å². The van der Waals surface area contributed by atoms with Gasteiger partial charge in [0.1, 0.15) is 4.88 Å². The molecule has 0 bridgehead atoms. The van der Waals surface area contributed by atoms with Gasteiger partial charge in [0.15, 0.2) is 3.95 Å². The molecule has 21 heavy (non-hydrogen) atoms. The lowest BCUT2D eigenvalue weighted by molar-refractivity contribution is -0.112. The van der Waals surface area contributed by atoms with Crippen LogP contribution >= 0.6 is 23.6 Å². The second-order valence-electron chi connectivity index (χ2n) is 4.47. The maximum Gasteiger partial charge on any atom is 0.279 e. The Bertz CT molecular complexity index is 896. The van der Waals surface area contributed by atoms with Crippen LogP contribution in [0.25, 0.3) is 5.57 Å². The average Bonchev–Trinajstić information content (AvgIpc) is 2.93. The molecule has 0 atom stereocenters. The summed E-state index contributed by atoms with van der Waals surface area (Å²) < 4.78 is 7.08. The van der Waals surface area contributed by atoms with Crippen molar-refractivity contribution in [2.45, 2.75) is 6.54 Å². The van der Waals surface area contributed by atoms with E-state index < -0.39 is 0 Å². The van der Waals surface area contributed by atoms with Crippen molar-refractivity contribution in [3.8, 4) is 5.88 Å². The number of aromatic hydroxyl groups is 1. The van der Waals surface area contributed by atoms with E-state index in [9.17, 15) is 9.90 Å². The normalized spacial score (nSPS) is 13.4. The second-order valence-corrected chi connectivity index (χ2v) is 6.12. The molecule has 1 aromatic heterocycles. The first-order chi connectivity index (χ1) is 10.1. The van der Waals surface area contributed by atoms with Gasteiger partial charge in [-0.15, -0.1) is 11.3 Å². The van der Waals surface area contributed by atoms with E-state index in [1.54, 1.807) is 17.7 Å². The van der Waals surface area contributed by atoms with Gasteiger partial charge in [0.2, 0.25) is 5.88 Å². The minimum atomic E-state index is -0.346. The summed E-state index contributed by atoms with van der Waals surface area (Å²) in [6.07, 6.45) is 0. The summed E-state index contributed by atoms with van der Waals surface area (Å²) in [5, 5.41) is 11.7. The Hall–Kier alpha value is -1.83. The Labute approximate surface area is 129 Å². The van der Waals surface area contributed by atoms with Gasteiger partial charge in [-0.2, -0.15) is 0 Å². The molecular weight excluding hydrogens is 308 g/mol. The van der Waals surface area contributed by atoms with Gasteiger partial charge in [0.25, 0.3) is 5.91 Å². The number of ether oxygens (including phenoxy) is 1. The minimum Gasteiger partial charge on any atom is -0.493 e. The fraction of sp³-hybridized carbons (Fsp3) is 0.214. The van der Waals surface area contributed by atoms with Gasteiger partial charge in [-0.3, -0.25) is 9.36 Å². The summed E-state index contributed by atoms with van der Waals surface area (Å²) in [7, 11) is 1.58. The smallest absolute Gasteiger partial charge is 0.279 e. The summed E-state index contributed by atoms with van der Waals surface area (Å²) in [6, 6.07) is 7.26. The average molecular weight is 320 g/mol. The monoisotopic (exact) mass is 320 g/mol. The molecule has 5 nitrogen and oxygen atoms in total. The highest BCUT2D eigenvalue weighted by Gasteiger charge is 2.24. The Morgan fingerprint density at radius 3 is 2.95 bits per heavy atom. The molecule has 1 amide bonds. The first-order valence-electron chi connectivity index (χ1n) is 6.28. The Morgan fingerprint density at radius 2 is 2.19 bits per heavy atom. The van der Waals surface area contributed by atoms with Crippen molar-refractivity contribution in [1.29, 1.82) is 0 Å². The number of hydrogen-bond donors (Lipinski definition) is 1. The maximum atomic E-state index is 12.1. The van der Waals surface area contributed by atoms with Crippen LogP contribution in [0.3, 0.4) is 0 Å². The van der Waals surface area contributed by atoms with Crippen molar-refractivity contribution in [1.82, 2.24) is 4.57 Å². The quantitative estimate of drug-likeness (QED) is 0.854. The Balaban J connectivity index is 2.22. The highest BCUT2D eigenvalue weighted by Crippen LogP contribution is 2.32. The van der Waals surface area contributed by atoms with Crippen molar-refractivity contribution < 1.29 is 14.6 Å². The van der Waals surface area contributed by atoms with E-state index in [1.165, 1.54) is 11.3 Å². The number of rotatable bonds is 4. The van der Waals surface area contributed by atoms with E-state index in [0.717, 1.165) is 5.22 Å². The molecule has 7 heteroatoms. The number of methoxy groups -OCH3 is 1. The van der Waals surface area contributed by atoms with Gasteiger partial charge in [-0.05, 0) is 18.3 Å². The molecule has 3 rings (SSSR count). The Morgan fingerprint density at radius 1 is 1.43 bits per heavy atom. The zero-order valence-electron chi connectivity index (χ0n) is 11.2. The maximum absolute atomic E-state index is 12.1. The van der Waals surface area contributed by atoms with Gasteiger partial charge < -0.3 is 9.84 Å². The molecule has 0 unspecified atom stereocenters. The number of fused-ring (bicyclic) bond motifs is 1. The van der Waals surface area contributed by atoms with Crippen LogP contribution in [0.2, 0.25) is 0 Å². The highest BCUT2D eigenvalue weighted by atomic mass is 32.1. The molecule has 1 aliphatic heterocycles. The lowest BCUT2D eigenvalue weighted by atomic mass is 10.1. The zero-order chi connectivity index (χ0) is 15.0. The molecule has 1 aromatic carbocycles. The highest BCUT2D eigenvalue weighted by molar-refractivity contribution is 7.73. The number of carbonyl (C=O) groups is 1. The number of nitrogens with zero attached hydrogens (tertiary/aromatic N) is 2. The molecule has 0 saturated heterocycles. The van der Waals surface area contributed by atoms with Crippen LogP contribution < -0.4 is 10.6 Å².